The van der Waals surface area contributed by atoms with Crippen molar-refractivity contribution in [2.24, 2.45) is 5.92 Å². The molecule has 2 saturated heterocycles. The predicted octanol–water partition coefficient (Wildman–Crippen LogP) is 1.97. The van der Waals surface area contributed by atoms with E-state index in [1.54, 1.807) is 13.0 Å². The zero-order valence-corrected chi connectivity index (χ0v) is 16.0. The number of carbonyl (C=O) groups excluding carboxylic acids is 1. The number of aromatic nitrogens is 3. The number of piperidine rings is 1. The normalized spacial score (nSPS) is 18.8. The van der Waals surface area contributed by atoms with Gasteiger partial charge in [0, 0.05) is 45.3 Å². The maximum atomic E-state index is 12.5. The Labute approximate surface area is 159 Å². The van der Waals surface area contributed by atoms with Gasteiger partial charge >= 0.3 is 0 Å². The van der Waals surface area contributed by atoms with Gasteiger partial charge in [-0.1, -0.05) is 12.1 Å². The van der Waals surface area contributed by atoms with E-state index in [9.17, 15) is 4.79 Å². The van der Waals surface area contributed by atoms with Gasteiger partial charge in [-0.2, -0.15) is 0 Å². The van der Waals surface area contributed by atoms with Crippen molar-refractivity contribution in [2.75, 3.05) is 49.1 Å². The van der Waals surface area contributed by atoms with Crippen molar-refractivity contribution < 1.29 is 9.32 Å². The maximum absolute atomic E-state index is 12.5. The molecular weight excluding hydrogens is 344 g/mol. The van der Waals surface area contributed by atoms with Gasteiger partial charge < -0.3 is 19.2 Å². The molecule has 27 heavy (non-hydrogen) atoms. The van der Waals surface area contributed by atoms with E-state index in [2.05, 4.69) is 38.1 Å². The van der Waals surface area contributed by atoms with Crippen LogP contribution in [0.1, 0.15) is 36.0 Å². The largest absolute Gasteiger partial charge is 0.361 e. The molecule has 2 aliphatic rings. The molecule has 1 amide bonds. The Hall–Kier alpha value is -2.64. The molecule has 2 aromatic heterocycles. The molecule has 0 radical (unpaired) electrons. The van der Waals surface area contributed by atoms with Crippen molar-refractivity contribution in [3.8, 4) is 0 Å². The number of aryl methyl sites for hydroxylation is 1. The molecule has 8 nitrogen and oxygen atoms in total. The smallest absolute Gasteiger partial charge is 0.276 e. The van der Waals surface area contributed by atoms with Gasteiger partial charge in [-0.05, 0) is 37.8 Å². The molecule has 4 rings (SSSR count). The summed E-state index contributed by atoms with van der Waals surface area (Å²) in [5, 5.41) is 12.7. The molecule has 2 fully saturated rings. The molecule has 8 heteroatoms. The van der Waals surface area contributed by atoms with E-state index in [1.165, 1.54) is 12.8 Å². The highest BCUT2D eigenvalue weighted by molar-refractivity contribution is 5.92. The lowest BCUT2D eigenvalue weighted by Gasteiger charge is -2.35. The van der Waals surface area contributed by atoms with Crippen molar-refractivity contribution in [1.29, 1.82) is 0 Å². The van der Waals surface area contributed by atoms with Crippen molar-refractivity contribution >= 4 is 17.5 Å². The van der Waals surface area contributed by atoms with Gasteiger partial charge in [0.2, 0.25) is 0 Å². The Morgan fingerprint density at radius 2 is 1.59 bits per heavy atom. The third-order valence-corrected chi connectivity index (χ3v) is 5.48. The number of rotatable bonds is 3. The number of piperazine rings is 1. The summed E-state index contributed by atoms with van der Waals surface area (Å²) in [4.78, 5) is 18.7. The molecule has 0 unspecified atom stereocenters. The van der Waals surface area contributed by atoms with Crippen LogP contribution in [0.5, 0.6) is 0 Å². The lowest BCUT2D eigenvalue weighted by Crippen LogP contribution is -2.49. The van der Waals surface area contributed by atoms with Crippen LogP contribution in [0.2, 0.25) is 0 Å². The highest BCUT2D eigenvalue weighted by atomic mass is 16.5. The van der Waals surface area contributed by atoms with E-state index >= 15 is 0 Å². The van der Waals surface area contributed by atoms with Crippen LogP contribution >= 0.6 is 0 Å². The Kier molecular flexibility index (Phi) is 4.96. The van der Waals surface area contributed by atoms with Crippen LogP contribution in [0.4, 0.5) is 11.6 Å². The fourth-order valence-electron chi connectivity index (χ4n) is 3.66. The van der Waals surface area contributed by atoms with Crippen LogP contribution in [0.25, 0.3) is 0 Å². The van der Waals surface area contributed by atoms with Gasteiger partial charge in [0.25, 0.3) is 5.91 Å². The van der Waals surface area contributed by atoms with Gasteiger partial charge in [0.15, 0.2) is 17.3 Å². The second-order valence-electron chi connectivity index (χ2n) is 7.52. The number of hydrogen-bond acceptors (Lipinski definition) is 7. The van der Waals surface area contributed by atoms with E-state index in [1.807, 2.05) is 11.0 Å². The van der Waals surface area contributed by atoms with Gasteiger partial charge in [-0.15, -0.1) is 10.2 Å². The third-order valence-electron chi connectivity index (χ3n) is 5.48. The molecule has 0 atom stereocenters. The number of anilines is 2. The van der Waals surface area contributed by atoms with Crippen LogP contribution in [0.15, 0.2) is 22.7 Å². The second kappa shape index (κ2) is 7.54. The molecule has 0 bridgehead atoms. The summed E-state index contributed by atoms with van der Waals surface area (Å²) in [6, 6.07) is 5.78. The van der Waals surface area contributed by atoms with E-state index in [0.29, 0.717) is 24.5 Å². The Morgan fingerprint density at radius 1 is 1.00 bits per heavy atom. The summed E-state index contributed by atoms with van der Waals surface area (Å²) in [6.45, 7) is 8.94. The standard InChI is InChI=1S/C19H26N6O2/c1-14-5-7-23(8-6-14)17-3-4-18(21-20-17)24-9-11-25(12-10-24)19(26)16-13-15(2)27-22-16/h3-4,13-14H,5-12H2,1-2H3. The Morgan fingerprint density at radius 3 is 2.11 bits per heavy atom. The average Bonchev–Trinajstić information content (AvgIpc) is 3.15. The zero-order chi connectivity index (χ0) is 18.8. The quantitative estimate of drug-likeness (QED) is 0.817. The van der Waals surface area contributed by atoms with E-state index in [4.69, 9.17) is 4.52 Å². The van der Waals surface area contributed by atoms with Gasteiger partial charge in [-0.3, -0.25) is 4.79 Å². The first-order valence-electron chi connectivity index (χ1n) is 9.66. The van der Waals surface area contributed by atoms with E-state index < -0.39 is 0 Å². The SMILES string of the molecule is Cc1cc(C(=O)N2CCN(c3ccc(N4CCC(C)CC4)nn3)CC2)no1. The first kappa shape index (κ1) is 17.8. The van der Waals surface area contributed by atoms with Gasteiger partial charge in [0.05, 0.1) is 0 Å². The van der Waals surface area contributed by atoms with Crippen LogP contribution in [-0.2, 0) is 0 Å². The third kappa shape index (κ3) is 3.89. The Bertz CT molecular complexity index is 774. The van der Waals surface area contributed by atoms with Crippen molar-refractivity contribution in [3.05, 3.63) is 29.7 Å². The first-order valence-corrected chi connectivity index (χ1v) is 9.66. The van der Waals surface area contributed by atoms with Crippen LogP contribution in [-0.4, -0.2) is 65.4 Å². The fraction of sp³-hybridized carbons (Fsp3) is 0.579. The summed E-state index contributed by atoms with van der Waals surface area (Å²) < 4.78 is 5.00. The number of carbonyl (C=O) groups is 1. The molecule has 0 saturated carbocycles. The molecule has 0 aliphatic carbocycles. The number of hydrogen-bond donors (Lipinski definition) is 0. The maximum Gasteiger partial charge on any atom is 0.276 e. The molecule has 2 aromatic rings. The molecule has 0 spiro atoms. The van der Waals surface area contributed by atoms with E-state index in [-0.39, 0.29) is 5.91 Å². The first-order chi connectivity index (χ1) is 13.1. The average molecular weight is 370 g/mol. The minimum atomic E-state index is -0.0766. The molecule has 144 valence electrons. The molecule has 2 aliphatic heterocycles. The van der Waals surface area contributed by atoms with Crippen LogP contribution in [0, 0.1) is 12.8 Å². The summed E-state index contributed by atoms with van der Waals surface area (Å²) in [7, 11) is 0. The molecule has 0 N–H and O–H groups in total. The summed E-state index contributed by atoms with van der Waals surface area (Å²) in [5.41, 5.74) is 0.376. The van der Waals surface area contributed by atoms with Crippen molar-refractivity contribution in [2.45, 2.75) is 26.7 Å². The number of amides is 1. The molecule has 4 heterocycles. The van der Waals surface area contributed by atoms with Crippen LogP contribution in [0.3, 0.4) is 0 Å². The monoisotopic (exact) mass is 370 g/mol. The van der Waals surface area contributed by atoms with E-state index in [0.717, 1.165) is 43.7 Å². The van der Waals surface area contributed by atoms with Crippen molar-refractivity contribution in [3.63, 3.8) is 0 Å². The summed E-state index contributed by atoms with van der Waals surface area (Å²) in [5.74, 6) is 3.20. The number of nitrogens with zero attached hydrogens (tertiary/aromatic N) is 6. The predicted molar refractivity (Wildman–Crippen MR) is 102 cm³/mol. The molecule has 0 aromatic carbocycles. The van der Waals surface area contributed by atoms with Crippen LogP contribution < -0.4 is 9.80 Å². The minimum absolute atomic E-state index is 0.0766. The topological polar surface area (TPSA) is 78.6 Å². The van der Waals surface area contributed by atoms with Gasteiger partial charge in [0.1, 0.15) is 5.76 Å². The lowest BCUT2D eigenvalue weighted by molar-refractivity contribution is 0.0736. The zero-order valence-electron chi connectivity index (χ0n) is 16.0. The lowest BCUT2D eigenvalue weighted by atomic mass is 9.99. The fourth-order valence-corrected chi connectivity index (χ4v) is 3.66. The van der Waals surface area contributed by atoms with Crippen molar-refractivity contribution in [1.82, 2.24) is 20.3 Å². The highest BCUT2D eigenvalue weighted by Crippen LogP contribution is 2.22. The second-order valence-corrected chi connectivity index (χ2v) is 7.52. The Balaban J connectivity index is 1.33. The summed E-state index contributed by atoms with van der Waals surface area (Å²) in [6.07, 6.45) is 2.43. The minimum Gasteiger partial charge on any atom is -0.361 e. The summed E-state index contributed by atoms with van der Waals surface area (Å²) >= 11 is 0. The highest BCUT2D eigenvalue weighted by Gasteiger charge is 2.25. The van der Waals surface area contributed by atoms with Gasteiger partial charge in [-0.25, -0.2) is 0 Å². The molecular formula is C19H26N6O2.